The smallest absolute Gasteiger partial charge is 0.323 e. The standard InChI is InChI=1S/C28H39N5O5S2/c1-6-20-9-7-8-15-33(20)40(37,38)21-12-10-19(11-13-21)25(34)29-27-24(26(35)30-28(36)31(4)5)22-14-16-32(18(2)3)17-23(22)39-27/h10-13,18,20H,6-9,14-17H2,1-5H3,(H,29,34)(H,30,35,36). The first-order valence-electron chi connectivity index (χ1n) is 13.8. The van der Waals surface area contributed by atoms with Gasteiger partial charge in [-0.05, 0) is 69.4 Å². The van der Waals surface area contributed by atoms with Crippen molar-refractivity contribution in [3.8, 4) is 0 Å². The van der Waals surface area contributed by atoms with Crippen LogP contribution >= 0.6 is 11.3 Å². The van der Waals surface area contributed by atoms with Crippen molar-refractivity contribution < 1.29 is 22.8 Å². The fraction of sp³-hybridized carbons (Fsp3) is 0.536. The molecule has 1 atom stereocenters. The number of carbonyl (C=O) groups excluding carboxylic acids is 3. The predicted octanol–water partition coefficient (Wildman–Crippen LogP) is 4.13. The molecule has 3 heterocycles. The Bertz CT molecular complexity index is 1370. The number of benzene rings is 1. The van der Waals surface area contributed by atoms with Crippen molar-refractivity contribution in [3.63, 3.8) is 0 Å². The van der Waals surface area contributed by atoms with Crippen molar-refractivity contribution in [1.29, 1.82) is 0 Å². The highest BCUT2D eigenvalue weighted by molar-refractivity contribution is 7.89. The zero-order chi connectivity index (χ0) is 29.2. The van der Waals surface area contributed by atoms with E-state index in [0.29, 0.717) is 36.1 Å². The molecule has 1 fully saturated rings. The SMILES string of the molecule is CCC1CCCCN1S(=O)(=O)c1ccc(C(=O)Nc2sc3c(c2C(=O)NC(=O)N(C)C)CCN(C(C)C)C3)cc1. The molecular formula is C28H39N5O5S2. The van der Waals surface area contributed by atoms with Gasteiger partial charge >= 0.3 is 6.03 Å². The van der Waals surface area contributed by atoms with E-state index in [4.69, 9.17) is 0 Å². The first-order chi connectivity index (χ1) is 18.9. The number of rotatable bonds is 7. The van der Waals surface area contributed by atoms with E-state index in [1.54, 1.807) is 18.4 Å². The molecule has 1 aromatic carbocycles. The molecule has 2 aliphatic heterocycles. The quantitative estimate of drug-likeness (QED) is 0.501. The summed E-state index contributed by atoms with van der Waals surface area (Å²) in [6, 6.07) is 5.70. The summed E-state index contributed by atoms with van der Waals surface area (Å²) in [7, 11) is -0.569. The van der Waals surface area contributed by atoms with Crippen LogP contribution in [-0.4, -0.2) is 79.6 Å². The van der Waals surface area contributed by atoms with E-state index in [0.717, 1.165) is 42.7 Å². The molecule has 1 saturated heterocycles. The Morgan fingerprint density at radius 1 is 1.07 bits per heavy atom. The number of imide groups is 1. The number of piperidine rings is 1. The van der Waals surface area contributed by atoms with Gasteiger partial charge in [0.05, 0.1) is 10.5 Å². The lowest BCUT2D eigenvalue weighted by Gasteiger charge is -2.34. The average Bonchev–Trinajstić information content (AvgIpc) is 3.29. The molecule has 4 rings (SSSR count). The minimum Gasteiger partial charge on any atom is -0.331 e. The van der Waals surface area contributed by atoms with E-state index < -0.39 is 27.9 Å². The molecule has 1 unspecified atom stereocenters. The zero-order valence-corrected chi connectivity index (χ0v) is 25.5. The van der Waals surface area contributed by atoms with Crippen LogP contribution in [-0.2, 0) is 23.0 Å². The average molecular weight is 590 g/mol. The number of urea groups is 1. The maximum absolute atomic E-state index is 13.3. The van der Waals surface area contributed by atoms with Crippen LogP contribution in [0, 0.1) is 0 Å². The lowest BCUT2D eigenvalue weighted by molar-refractivity contribution is 0.0956. The maximum Gasteiger partial charge on any atom is 0.323 e. The molecule has 2 aromatic rings. The summed E-state index contributed by atoms with van der Waals surface area (Å²) < 4.78 is 28.2. The van der Waals surface area contributed by atoms with E-state index >= 15 is 0 Å². The van der Waals surface area contributed by atoms with Gasteiger partial charge < -0.3 is 10.2 Å². The normalized spacial score (nSPS) is 18.3. The lowest BCUT2D eigenvalue weighted by atomic mass is 10.0. The van der Waals surface area contributed by atoms with Crippen molar-refractivity contribution in [2.45, 2.75) is 76.4 Å². The van der Waals surface area contributed by atoms with Gasteiger partial charge in [0.25, 0.3) is 11.8 Å². The van der Waals surface area contributed by atoms with E-state index in [-0.39, 0.29) is 16.5 Å². The van der Waals surface area contributed by atoms with E-state index in [1.165, 1.54) is 40.5 Å². The second kappa shape index (κ2) is 12.4. The first kappa shape index (κ1) is 30.2. The monoisotopic (exact) mass is 589 g/mol. The number of hydrogen-bond acceptors (Lipinski definition) is 7. The summed E-state index contributed by atoms with van der Waals surface area (Å²) in [5.41, 5.74) is 1.42. The number of fused-ring (bicyclic) bond motifs is 1. The highest BCUT2D eigenvalue weighted by atomic mass is 32.2. The third-order valence-electron chi connectivity index (χ3n) is 7.66. The summed E-state index contributed by atoms with van der Waals surface area (Å²) in [6.45, 7) is 8.14. The number of hydrogen-bond donors (Lipinski definition) is 2. The Morgan fingerprint density at radius 2 is 1.77 bits per heavy atom. The summed E-state index contributed by atoms with van der Waals surface area (Å²) >= 11 is 1.34. The van der Waals surface area contributed by atoms with Crippen LogP contribution in [0.4, 0.5) is 9.80 Å². The third-order valence-corrected chi connectivity index (χ3v) is 10.8. The van der Waals surface area contributed by atoms with E-state index in [1.807, 2.05) is 6.92 Å². The minimum absolute atomic E-state index is 0.0119. The fourth-order valence-corrected chi connectivity index (χ4v) is 8.28. The van der Waals surface area contributed by atoms with Gasteiger partial charge in [-0.15, -0.1) is 11.3 Å². The Morgan fingerprint density at radius 3 is 2.40 bits per heavy atom. The van der Waals surface area contributed by atoms with Gasteiger partial charge in [-0.2, -0.15) is 4.31 Å². The van der Waals surface area contributed by atoms with E-state index in [9.17, 15) is 22.8 Å². The number of nitrogens with zero attached hydrogens (tertiary/aromatic N) is 3. The van der Waals surface area contributed by atoms with E-state index in [2.05, 4.69) is 29.4 Å². The summed E-state index contributed by atoms with van der Waals surface area (Å²) in [6.07, 6.45) is 4.10. The molecular weight excluding hydrogens is 550 g/mol. The van der Waals surface area contributed by atoms with Crippen molar-refractivity contribution in [3.05, 3.63) is 45.8 Å². The van der Waals surface area contributed by atoms with Gasteiger partial charge in [0.2, 0.25) is 10.0 Å². The van der Waals surface area contributed by atoms with Gasteiger partial charge in [-0.1, -0.05) is 13.3 Å². The van der Waals surface area contributed by atoms with Gasteiger partial charge in [0.1, 0.15) is 5.00 Å². The van der Waals surface area contributed by atoms with Crippen molar-refractivity contribution >= 4 is 44.2 Å². The van der Waals surface area contributed by atoms with Crippen molar-refractivity contribution in [1.82, 2.24) is 19.4 Å². The van der Waals surface area contributed by atoms with Crippen LogP contribution in [0.25, 0.3) is 0 Å². The highest BCUT2D eigenvalue weighted by Crippen LogP contribution is 2.38. The van der Waals surface area contributed by atoms with Crippen LogP contribution in [0.1, 0.15) is 77.6 Å². The molecule has 0 saturated carbocycles. The zero-order valence-electron chi connectivity index (χ0n) is 23.8. The molecule has 10 nitrogen and oxygen atoms in total. The summed E-state index contributed by atoms with van der Waals surface area (Å²) in [4.78, 5) is 43.4. The lowest BCUT2D eigenvalue weighted by Crippen LogP contribution is -2.43. The molecule has 2 N–H and O–H groups in total. The van der Waals surface area contributed by atoms with Gasteiger partial charge in [0.15, 0.2) is 0 Å². The molecule has 2 aliphatic rings. The van der Waals surface area contributed by atoms with Crippen molar-refractivity contribution in [2.75, 3.05) is 32.5 Å². The van der Waals surface area contributed by atoms with Crippen LogP contribution in [0.5, 0.6) is 0 Å². The highest BCUT2D eigenvalue weighted by Gasteiger charge is 2.33. The van der Waals surface area contributed by atoms with Crippen LogP contribution < -0.4 is 10.6 Å². The number of nitrogens with one attached hydrogen (secondary N) is 2. The summed E-state index contributed by atoms with van der Waals surface area (Å²) in [5.74, 6) is -1.02. The molecule has 4 amide bonds. The molecule has 0 radical (unpaired) electrons. The fourth-order valence-electron chi connectivity index (χ4n) is 5.25. The number of anilines is 1. The van der Waals surface area contributed by atoms with Gasteiger partial charge in [0, 0.05) is 56.3 Å². The molecule has 218 valence electrons. The van der Waals surface area contributed by atoms with Crippen LogP contribution in [0.15, 0.2) is 29.2 Å². The number of carbonyl (C=O) groups is 3. The molecule has 0 aliphatic carbocycles. The second-order valence-corrected chi connectivity index (χ2v) is 13.8. The largest absolute Gasteiger partial charge is 0.331 e. The predicted molar refractivity (Wildman–Crippen MR) is 156 cm³/mol. The number of sulfonamides is 1. The van der Waals surface area contributed by atoms with Gasteiger partial charge in [-0.3, -0.25) is 19.8 Å². The van der Waals surface area contributed by atoms with Crippen LogP contribution in [0.2, 0.25) is 0 Å². The third kappa shape index (κ3) is 6.24. The first-order valence-corrected chi connectivity index (χ1v) is 16.0. The Labute approximate surface area is 240 Å². The second-order valence-electron chi connectivity index (χ2n) is 10.8. The maximum atomic E-state index is 13.3. The number of thiophene rings is 1. The Kier molecular flexibility index (Phi) is 9.33. The topological polar surface area (TPSA) is 119 Å². The van der Waals surface area contributed by atoms with Crippen LogP contribution in [0.3, 0.4) is 0 Å². The molecule has 0 bridgehead atoms. The summed E-state index contributed by atoms with van der Waals surface area (Å²) in [5, 5.41) is 5.64. The molecule has 40 heavy (non-hydrogen) atoms. The molecule has 0 spiro atoms. The number of amides is 4. The minimum atomic E-state index is -3.67. The Hall–Kier alpha value is -2.80. The molecule has 12 heteroatoms. The van der Waals surface area contributed by atoms with Crippen molar-refractivity contribution in [2.24, 2.45) is 0 Å². The Balaban J connectivity index is 1.58. The molecule has 1 aromatic heterocycles. The van der Waals surface area contributed by atoms with Gasteiger partial charge in [-0.25, -0.2) is 13.2 Å².